The number of nitrogens with zero attached hydrogens (tertiary/aromatic N) is 2. The number of pyridine rings is 1. The van der Waals surface area contributed by atoms with Crippen LogP contribution in [0, 0.1) is 10.1 Å². The molecule has 5 nitrogen and oxygen atoms in total. The predicted octanol–water partition coefficient (Wildman–Crippen LogP) is 2.91. The summed E-state index contributed by atoms with van der Waals surface area (Å²) in [5.41, 5.74) is 0.395. The van der Waals surface area contributed by atoms with Crippen LogP contribution in [0.15, 0.2) is 28.9 Å². The van der Waals surface area contributed by atoms with Crippen molar-refractivity contribution in [3.05, 3.63) is 39.0 Å². The van der Waals surface area contributed by atoms with Gasteiger partial charge in [-0.3, -0.25) is 15.1 Å². The SMILES string of the molecule is COc1c([N+](=O)[O-])ccc2c(Br)ccnc12. The van der Waals surface area contributed by atoms with E-state index >= 15 is 0 Å². The molecule has 0 radical (unpaired) electrons. The molecule has 1 aromatic heterocycles. The molecule has 0 amide bonds. The van der Waals surface area contributed by atoms with Crippen molar-refractivity contribution in [1.82, 2.24) is 4.98 Å². The van der Waals surface area contributed by atoms with Crippen LogP contribution >= 0.6 is 15.9 Å². The Bertz CT molecular complexity index is 571. The quantitative estimate of drug-likeness (QED) is 0.628. The van der Waals surface area contributed by atoms with Crippen LogP contribution in [0.3, 0.4) is 0 Å². The minimum atomic E-state index is -0.485. The maximum Gasteiger partial charge on any atom is 0.313 e. The number of halogens is 1. The van der Waals surface area contributed by atoms with Crippen LogP contribution in [0.1, 0.15) is 0 Å². The van der Waals surface area contributed by atoms with Crippen LogP contribution in [0.25, 0.3) is 10.9 Å². The molecule has 0 fully saturated rings. The van der Waals surface area contributed by atoms with Gasteiger partial charge in [0, 0.05) is 22.1 Å². The highest BCUT2D eigenvalue weighted by molar-refractivity contribution is 9.10. The lowest BCUT2D eigenvalue weighted by atomic mass is 10.2. The number of methoxy groups -OCH3 is 1. The highest BCUT2D eigenvalue weighted by Gasteiger charge is 2.19. The lowest BCUT2D eigenvalue weighted by molar-refractivity contribution is -0.385. The van der Waals surface area contributed by atoms with E-state index < -0.39 is 4.92 Å². The summed E-state index contributed by atoms with van der Waals surface area (Å²) < 4.78 is 5.87. The first-order valence-corrected chi connectivity index (χ1v) is 5.20. The summed E-state index contributed by atoms with van der Waals surface area (Å²) >= 11 is 3.36. The Kier molecular flexibility index (Phi) is 2.74. The van der Waals surface area contributed by atoms with Crippen molar-refractivity contribution in [2.24, 2.45) is 0 Å². The molecule has 1 heterocycles. The van der Waals surface area contributed by atoms with Gasteiger partial charge in [0.15, 0.2) is 0 Å². The van der Waals surface area contributed by atoms with Gasteiger partial charge in [-0.2, -0.15) is 0 Å². The molecule has 2 rings (SSSR count). The monoisotopic (exact) mass is 282 g/mol. The Morgan fingerprint density at radius 1 is 1.44 bits per heavy atom. The molecule has 1 aromatic carbocycles. The molecular formula is C10H7BrN2O3. The van der Waals surface area contributed by atoms with Crippen LogP contribution in [-0.2, 0) is 0 Å². The van der Waals surface area contributed by atoms with Crippen molar-refractivity contribution in [2.45, 2.75) is 0 Å². The molecule has 0 spiro atoms. The van der Waals surface area contributed by atoms with E-state index in [4.69, 9.17) is 4.74 Å². The summed E-state index contributed by atoms with van der Waals surface area (Å²) in [5, 5.41) is 11.6. The van der Waals surface area contributed by atoms with Crippen molar-refractivity contribution < 1.29 is 9.66 Å². The fourth-order valence-electron chi connectivity index (χ4n) is 1.49. The van der Waals surface area contributed by atoms with Gasteiger partial charge in [-0.15, -0.1) is 0 Å². The Morgan fingerprint density at radius 2 is 2.19 bits per heavy atom. The Morgan fingerprint density at radius 3 is 2.81 bits per heavy atom. The van der Waals surface area contributed by atoms with E-state index in [1.54, 1.807) is 18.3 Å². The van der Waals surface area contributed by atoms with Crippen LogP contribution in [0.2, 0.25) is 0 Å². The number of aromatic nitrogens is 1. The summed E-state index contributed by atoms with van der Waals surface area (Å²) in [6.45, 7) is 0. The highest BCUT2D eigenvalue weighted by Crippen LogP contribution is 2.36. The molecule has 0 atom stereocenters. The van der Waals surface area contributed by atoms with Gasteiger partial charge in [-0.25, -0.2) is 0 Å². The molecule has 82 valence electrons. The second kappa shape index (κ2) is 4.05. The third kappa shape index (κ3) is 1.61. The van der Waals surface area contributed by atoms with E-state index in [9.17, 15) is 10.1 Å². The van der Waals surface area contributed by atoms with Crippen LogP contribution < -0.4 is 4.74 Å². The molecule has 0 saturated carbocycles. The van der Waals surface area contributed by atoms with Gasteiger partial charge in [-0.05, 0) is 12.1 Å². The van der Waals surface area contributed by atoms with E-state index in [1.165, 1.54) is 13.2 Å². The number of hydrogen-bond acceptors (Lipinski definition) is 4. The fraction of sp³-hybridized carbons (Fsp3) is 0.100. The van der Waals surface area contributed by atoms with Crippen LogP contribution in [-0.4, -0.2) is 17.0 Å². The number of nitro benzene ring substituents is 1. The number of rotatable bonds is 2. The standard InChI is InChI=1S/C10H7BrN2O3/c1-16-10-8(13(14)15)3-2-6-7(11)4-5-12-9(6)10/h2-5H,1H3. The summed E-state index contributed by atoms with van der Waals surface area (Å²) in [4.78, 5) is 14.4. The van der Waals surface area contributed by atoms with Gasteiger partial charge in [0.25, 0.3) is 0 Å². The largest absolute Gasteiger partial charge is 0.489 e. The smallest absolute Gasteiger partial charge is 0.313 e. The van der Waals surface area contributed by atoms with Crippen molar-refractivity contribution in [1.29, 1.82) is 0 Å². The maximum atomic E-state index is 10.8. The van der Waals surface area contributed by atoms with Crippen molar-refractivity contribution in [3.63, 3.8) is 0 Å². The zero-order valence-corrected chi connectivity index (χ0v) is 9.89. The summed E-state index contributed by atoms with van der Waals surface area (Å²) in [6.07, 6.45) is 1.57. The lowest BCUT2D eigenvalue weighted by Gasteiger charge is -2.06. The van der Waals surface area contributed by atoms with E-state index in [1.807, 2.05) is 0 Å². The maximum absolute atomic E-state index is 10.8. The zero-order chi connectivity index (χ0) is 11.7. The zero-order valence-electron chi connectivity index (χ0n) is 8.31. The third-order valence-electron chi connectivity index (χ3n) is 2.19. The number of ether oxygens (including phenoxy) is 1. The summed E-state index contributed by atoms with van der Waals surface area (Å²) in [7, 11) is 1.39. The predicted molar refractivity (Wildman–Crippen MR) is 62.6 cm³/mol. The van der Waals surface area contributed by atoms with Gasteiger partial charge in [0.1, 0.15) is 5.52 Å². The third-order valence-corrected chi connectivity index (χ3v) is 2.88. The Labute approximate surface area is 99.3 Å². The fourth-order valence-corrected chi connectivity index (χ4v) is 1.93. The second-order valence-corrected chi connectivity index (χ2v) is 3.92. The number of benzene rings is 1. The van der Waals surface area contributed by atoms with Gasteiger partial charge >= 0.3 is 5.69 Å². The number of hydrogen-bond donors (Lipinski definition) is 0. The Hall–Kier alpha value is -1.69. The topological polar surface area (TPSA) is 65.3 Å². The first-order chi connectivity index (χ1) is 7.65. The second-order valence-electron chi connectivity index (χ2n) is 3.06. The molecule has 6 heteroatoms. The van der Waals surface area contributed by atoms with Crippen molar-refractivity contribution >= 4 is 32.5 Å². The average Bonchev–Trinajstić information content (AvgIpc) is 2.27. The van der Waals surface area contributed by atoms with Crippen LogP contribution in [0.4, 0.5) is 5.69 Å². The molecule has 0 bridgehead atoms. The van der Waals surface area contributed by atoms with Gasteiger partial charge < -0.3 is 4.74 Å². The van der Waals surface area contributed by atoms with E-state index in [0.29, 0.717) is 5.52 Å². The Balaban J connectivity index is 2.86. The molecule has 2 aromatic rings. The van der Waals surface area contributed by atoms with Crippen LogP contribution in [0.5, 0.6) is 5.75 Å². The number of fused-ring (bicyclic) bond motifs is 1. The molecule has 0 aliphatic rings. The minimum Gasteiger partial charge on any atom is -0.489 e. The molecule has 0 saturated heterocycles. The molecule has 0 unspecified atom stereocenters. The molecule has 16 heavy (non-hydrogen) atoms. The molecule has 0 N–H and O–H groups in total. The van der Waals surface area contributed by atoms with Gasteiger partial charge in [0.05, 0.1) is 12.0 Å². The normalized spacial score (nSPS) is 10.4. The van der Waals surface area contributed by atoms with Gasteiger partial charge in [0.2, 0.25) is 5.75 Å². The first-order valence-electron chi connectivity index (χ1n) is 4.40. The summed E-state index contributed by atoms with van der Waals surface area (Å²) in [5.74, 6) is 0.184. The minimum absolute atomic E-state index is 0.0828. The molecule has 0 aliphatic carbocycles. The molecular weight excluding hydrogens is 276 g/mol. The summed E-state index contributed by atoms with van der Waals surface area (Å²) in [6, 6.07) is 4.83. The highest BCUT2D eigenvalue weighted by atomic mass is 79.9. The average molecular weight is 283 g/mol. The number of nitro groups is 1. The van der Waals surface area contributed by atoms with E-state index in [2.05, 4.69) is 20.9 Å². The lowest BCUT2D eigenvalue weighted by Crippen LogP contribution is -1.95. The van der Waals surface area contributed by atoms with Gasteiger partial charge in [-0.1, -0.05) is 15.9 Å². The first kappa shape index (κ1) is 10.8. The van der Waals surface area contributed by atoms with Crippen molar-refractivity contribution in [2.75, 3.05) is 7.11 Å². The van der Waals surface area contributed by atoms with E-state index in [0.717, 1.165) is 9.86 Å². The van der Waals surface area contributed by atoms with Crippen molar-refractivity contribution in [3.8, 4) is 5.75 Å². The molecule has 0 aliphatic heterocycles. The van der Waals surface area contributed by atoms with E-state index in [-0.39, 0.29) is 11.4 Å².